The van der Waals surface area contributed by atoms with Gasteiger partial charge in [-0.1, -0.05) is 19.1 Å². The molecule has 5 heteroatoms. The molecule has 1 aliphatic heterocycles. The number of non-ortho nitro benzene ring substituents is 1. The Bertz CT molecular complexity index is 424. The predicted molar refractivity (Wildman–Crippen MR) is 70.2 cm³/mol. The average Bonchev–Trinajstić information content (AvgIpc) is 2.81. The zero-order valence-electron chi connectivity index (χ0n) is 10.6. The summed E-state index contributed by atoms with van der Waals surface area (Å²) >= 11 is 0. The Morgan fingerprint density at radius 3 is 2.94 bits per heavy atom. The van der Waals surface area contributed by atoms with Gasteiger partial charge in [-0.3, -0.25) is 15.0 Å². The van der Waals surface area contributed by atoms with Crippen LogP contribution >= 0.6 is 0 Å². The van der Waals surface area contributed by atoms with Crippen molar-refractivity contribution >= 4 is 5.69 Å². The zero-order chi connectivity index (χ0) is 13.1. The minimum Gasteiger partial charge on any atom is -0.330 e. The zero-order valence-corrected chi connectivity index (χ0v) is 10.6. The van der Waals surface area contributed by atoms with Crippen molar-refractivity contribution in [3.63, 3.8) is 0 Å². The van der Waals surface area contributed by atoms with Crippen molar-refractivity contribution in [1.29, 1.82) is 0 Å². The van der Waals surface area contributed by atoms with Crippen LogP contribution in [0.5, 0.6) is 0 Å². The minimum absolute atomic E-state index is 0.159. The van der Waals surface area contributed by atoms with E-state index in [0.29, 0.717) is 12.5 Å². The van der Waals surface area contributed by atoms with Gasteiger partial charge in [0.1, 0.15) is 0 Å². The number of nitrogens with zero attached hydrogens (tertiary/aromatic N) is 2. The van der Waals surface area contributed by atoms with Crippen LogP contribution in [0.2, 0.25) is 0 Å². The summed E-state index contributed by atoms with van der Waals surface area (Å²) in [6.07, 6.45) is 1.07. The fraction of sp³-hybridized carbons (Fsp3) is 0.538. The molecule has 0 radical (unpaired) electrons. The van der Waals surface area contributed by atoms with Crippen molar-refractivity contribution in [2.75, 3.05) is 19.6 Å². The summed E-state index contributed by atoms with van der Waals surface area (Å²) in [5.41, 5.74) is 6.99. The summed E-state index contributed by atoms with van der Waals surface area (Å²) in [7, 11) is 0. The van der Waals surface area contributed by atoms with Crippen LogP contribution in [-0.2, 0) is 0 Å². The van der Waals surface area contributed by atoms with Gasteiger partial charge in [-0.2, -0.15) is 0 Å². The van der Waals surface area contributed by atoms with E-state index in [2.05, 4.69) is 11.8 Å². The summed E-state index contributed by atoms with van der Waals surface area (Å²) in [6, 6.07) is 7.16. The monoisotopic (exact) mass is 249 g/mol. The van der Waals surface area contributed by atoms with Gasteiger partial charge in [0, 0.05) is 18.2 Å². The molecular weight excluding hydrogens is 230 g/mol. The first-order valence-electron chi connectivity index (χ1n) is 6.35. The highest BCUT2D eigenvalue weighted by atomic mass is 16.6. The molecule has 0 amide bonds. The maximum atomic E-state index is 10.8. The Morgan fingerprint density at radius 1 is 1.56 bits per heavy atom. The molecule has 0 aliphatic carbocycles. The molecule has 1 aliphatic rings. The normalized spacial score (nSPS) is 24.3. The van der Waals surface area contributed by atoms with Gasteiger partial charge in [0.05, 0.1) is 4.92 Å². The largest absolute Gasteiger partial charge is 0.330 e. The number of nitro benzene ring substituents is 1. The molecule has 5 nitrogen and oxygen atoms in total. The molecule has 1 aromatic carbocycles. The van der Waals surface area contributed by atoms with Crippen molar-refractivity contribution in [2.24, 2.45) is 11.7 Å². The standard InChI is InChI=1S/C13H19N3O2/c1-2-15-7-6-11(9-14)13(15)10-4-3-5-12(8-10)16(17)18/h3-5,8,11,13H,2,6-7,9,14H2,1H3. The van der Waals surface area contributed by atoms with Crippen LogP contribution in [0.4, 0.5) is 5.69 Å². The molecule has 1 fully saturated rings. The fourth-order valence-corrected chi connectivity index (χ4v) is 2.83. The summed E-state index contributed by atoms with van der Waals surface area (Å²) in [5.74, 6) is 0.395. The number of nitro groups is 1. The van der Waals surface area contributed by atoms with E-state index in [9.17, 15) is 10.1 Å². The van der Waals surface area contributed by atoms with E-state index in [1.807, 2.05) is 6.07 Å². The molecule has 2 atom stereocenters. The molecule has 0 saturated carbocycles. The van der Waals surface area contributed by atoms with E-state index in [1.165, 1.54) is 6.07 Å². The fourth-order valence-electron chi connectivity index (χ4n) is 2.83. The van der Waals surface area contributed by atoms with Gasteiger partial charge < -0.3 is 5.73 Å². The van der Waals surface area contributed by atoms with Crippen molar-refractivity contribution < 1.29 is 4.92 Å². The molecule has 1 aromatic rings. The van der Waals surface area contributed by atoms with E-state index in [4.69, 9.17) is 5.73 Å². The van der Waals surface area contributed by atoms with E-state index in [1.54, 1.807) is 12.1 Å². The smallest absolute Gasteiger partial charge is 0.269 e. The van der Waals surface area contributed by atoms with E-state index < -0.39 is 0 Å². The quantitative estimate of drug-likeness (QED) is 0.653. The van der Waals surface area contributed by atoms with Gasteiger partial charge in [0.25, 0.3) is 5.69 Å². The number of rotatable bonds is 4. The van der Waals surface area contributed by atoms with Gasteiger partial charge in [-0.25, -0.2) is 0 Å². The molecule has 2 unspecified atom stereocenters. The lowest BCUT2D eigenvalue weighted by atomic mass is 9.93. The molecule has 18 heavy (non-hydrogen) atoms. The highest BCUT2D eigenvalue weighted by Crippen LogP contribution is 2.37. The molecule has 0 aromatic heterocycles. The minimum atomic E-state index is -0.341. The first kappa shape index (κ1) is 13.0. The van der Waals surface area contributed by atoms with E-state index in [0.717, 1.165) is 25.1 Å². The van der Waals surface area contributed by atoms with Crippen molar-refractivity contribution in [1.82, 2.24) is 4.90 Å². The molecule has 1 heterocycles. The lowest BCUT2D eigenvalue weighted by molar-refractivity contribution is -0.385. The van der Waals surface area contributed by atoms with Crippen LogP contribution in [0.3, 0.4) is 0 Å². The highest BCUT2D eigenvalue weighted by Gasteiger charge is 2.33. The van der Waals surface area contributed by atoms with Crippen LogP contribution in [0, 0.1) is 16.0 Å². The molecule has 98 valence electrons. The van der Waals surface area contributed by atoms with E-state index in [-0.39, 0.29) is 16.7 Å². The SMILES string of the molecule is CCN1CCC(CN)C1c1cccc([N+](=O)[O-])c1. The first-order valence-corrected chi connectivity index (χ1v) is 6.35. The number of hydrogen-bond donors (Lipinski definition) is 1. The maximum Gasteiger partial charge on any atom is 0.269 e. The number of nitrogens with two attached hydrogens (primary N) is 1. The highest BCUT2D eigenvalue weighted by molar-refractivity contribution is 5.36. The number of hydrogen-bond acceptors (Lipinski definition) is 4. The maximum absolute atomic E-state index is 10.8. The second kappa shape index (κ2) is 5.46. The van der Waals surface area contributed by atoms with Crippen LogP contribution in [0.15, 0.2) is 24.3 Å². The second-order valence-electron chi connectivity index (χ2n) is 4.71. The molecule has 0 bridgehead atoms. The molecule has 1 saturated heterocycles. The summed E-state index contributed by atoms with van der Waals surface area (Å²) < 4.78 is 0. The van der Waals surface area contributed by atoms with Crippen molar-refractivity contribution in [2.45, 2.75) is 19.4 Å². The second-order valence-corrected chi connectivity index (χ2v) is 4.71. The van der Waals surface area contributed by atoms with Crippen molar-refractivity contribution in [3.05, 3.63) is 39.9 Å². The molecular formula is C13H19N3O2. The number of benzene rings is 1. The van der Waals surface area contributed by atoms with Gasteiger partial charge in [0.15, 0.2) is 0 Å². The Kier molecular flexibility index (Phi) is 3.93. The third-order valence-corrected chi connectivity index (χ3v) is 3.76. The summed E-state index contributed by atoms with van der Waals surface area (Å²) in [6.45, 7) is 4.71. The van der Waals surface area contributed by atoms with Crippen LogP contribution in [-0.4, -0.2) is 29.5 Å². The van der Waals surface area contributed by atoms with Gasteiger partial charge in [-0.05, 0) is 37.5 Å². The van der Waals surface area contributed by atoms with Crippen LogP contribution < -0.4 is 5.73 Å². The number of likely N-dealkylation sites (tertiary alicyclic amines) is 1. The lowest BCUT2D eigenvalue weighted by Crippen LogP contribution is -2.28. The van der Waals surface area contributed by atoms with E-state index >= 15 is 0 Å². The van der Waals surface area contributed by atoms with Crippen LogP contribution in [0.25, 0.3) is 0 Å². The third-order valence-electron chi connectivity index (χ3n) is 3.76. The summed E-state index contributed by atoms with van der Waals surface area (Å²) in [4.78, 5) is 12.8. The predicted octanol–water partition coefficient (Wildman–Crippen LogP) is 1.94. The molecule has 2 rings (SSSR count). The van der Waals surface area contributed by atoms with Crippen LogP contribution in [0.1, 0.15) is 24.9 Å². The Morgan fingerprint density at radius 2 is 2.33 bits per heavy atom. The third kappa shape index (κ3) is 2.37. The van der Waals surface area contributed by atoms with Gasteiger partial charge >= 0.3 is 0 Å². The topological polar surface area (TPSA) is 72.4 Å². The lowest BCUT2D eigenvalue weighted by Gasteiger charge is -2.26. The van der Waals surface area contributed by atoms with Gasteiger partial charge in [0.2, 0.25) is 0 Å². The molecule has 2 N–H and O–H groups in total. The van der Waals surface area contributed by atoms with Gasteiger partial charge in [-0.15, -0.1) is 0 Å². The molecule has 0 spiro atoms. The first-order chi connectivity index (χ1) is 8.67. The Hall–Kier alpha value is -1.46. The Labute approximate surface area is 107 Å². The van der Waals surface area contributed by atoms with Crippen molar-refractivity contribution in [3.8, 4) is 0 Å². The average molecular weight is 249 g/mol. The Balaban J connectivity index is 2.32. The summed E-state index contributed by atoms with van der Waals surface area (Å²) in [5, 5.41) is 10.8.